The number of nitrogens with zero attached hydrogens (tertiary/aromatic N) is 2. The largest absolute Gasteiger partial charge is 0.316 e. The van der Waals surface area contributed by atoms with Crippen LogP contribution in [0.2, 0.25) is 0 Å². The highest BCUT2D eigenvalue weighted by Gasteiger charge is 2.15. The minimum Gasteiger partial charge on any atom is -0.316 e. The standard InChI is InChI=1S/C15H18BrN3/c1-11-2-3-13(6-15(11)16)14-8-18-19(10-14)9-12-4-5-17-7-12/h2-3,6,8,10,12,17H,4-5,7,9H2,1H3. The number of hydrogen-bond donors (Lipinski definition) is 1. The van der Waals surface area contributed by atoms with E-state index in [1.54, 1.807) is 0 Å². The molecule has 0 aliphatic carbocycles. The van der Waals surface area contributed by atoms with Gasteiger partial charge < -0.3 is 5.32 Å². The Morgan fingerprint density at radius 2 is 2.32 bits per heavy atom. The van der Waals surface area contributed by atoms with Gasteiger partial charge in [-0.1, -0.05) is 28.1 Å². The molecule has 100 valence electrons. The van der Waals surface area contributed by atoms with Gasteiger partial charge in [-0.2, -0.15) is 5.10 Å². The van der Waals surface area contributed by atoms with Crippen molar-refractivity contribution in [2.45, 2.75) is 19.9 Å². The van der Waals surface area contributed by atoms with Crippen molar-refractivity contribution in [3.63, 3.8) is 0 Å². The Hall–Kier alpha value is -1.13. The molecule has 0 spiro atoms. The van der Waals surface area contributed by atoms with Crippen molar-refractivity contribution >= 4 is 15.9 Å². The van der Waals surface area contributed by atoms with Gasteiger partial charge in [0.05, 0.1) is 6.20 Å². The van der Waals surface area contributed by atoms with E-state index in [-0.39, 0.29) is 0 Å². The minimum atomic E-state index is 0.720. The Morgan fingerprint density at radius 1 is 1.42 bits per heavy atom. The molecular weight excluding hydrogens is 302 g/mol. The zero-order valence-corrected chi connectivity index (χ0v) is 12.7. The van der Waals surface area contributed by atoms with Gasteiger partial charge in [0, 0.05) is 22.8 Å². The molecule has 0 radical (unpaired) electrons. The highest BCUT2D eigenvalue weighted by atomic mass is 79.9. The van der Waals surface area contributed by atoms with Gasteiger partial charge in [-0.15, -0.1) is 0 Å². The van der Waals surface area contributed by atoms with E-state index in [0.717, 1.165) is 30.0 Å². The molecule has 1 unspecified atom stereocenters. The molecule has 0 saturated carbocycles. The second kappa shape index (κ2) is 5.47. The molecular formula is C15H18BrN3. The molecule has 0 bridgehead atoms. The number of hydrogen-bond acceptors (Lipinski definition) is 2. The van der Waals surface area contributed by atoms with Crippen molar-refractivity contribution in [1.82, 2.24) is 15.1 Å². The Morgan fingerprint density at radius 3 is 3.05 bits per heavy atom. The maximum Gasteiger partial charge on any atom is 0.0568 e. The fourth-order valence-corrected chi connectivity index (χ4v) is 2.90. The molecule has 2 aromatic rings. The second-order valence-corrected chi connectivity index (χ2v) is 6.13. The molecule has 2 heterocycles. The van der Waals surface area contributed by atoms with Crippen molar-refractivity contribution in [3.05, 3.63) is 40.6 Å². The first-order valence-electron chi connectivity index (χ1n) is 6.72. The second-order valence-electron chi connectivity index (χ2n) is 5.27. The first kappa shape index (κ1) is 12.9. The Bertz CT molecular complexity index is 571. The van der Waals surface area contributed by atoms with Gasteiger partial charge >= 0.3 is 0 Å². The molecule has 3 rings (SSSR count). The molecule has 1 fully saturated rings. The third-order valence-corrected chi connectivity index (χ3v) is 4.60. The SMILES string of the molecule is Cc1ccc(-c2cnn(CC3CCNC3)c2)cc1Br. The van der Waals surface area contributed by atoms with Gasteiger partial charge in [-0.05, 0) is 49.5 Å². The Balaban J connectivity index is 1.78. The molecule has 1 aromatic heterocycles. The van der Waals surface area contributed by atoms with Crippen molar-refractivity contribution in [3.8, 4) is 11.1 Å². The minimum absolute atomic E-state index is 0.720. The predicted octanol–water partition coefficient (Wildman–Crippen LogP) is 3.23. The molecule has 3 nitrogen and oxygen atoms in total. The molecule has 1 aliphatic rings. The smallest absolute Gasteiger partial charge is 0.0568 e. The summed E-state index contributed by atoms with van der Waals surface area (Å²) in [5, 5.41) is 7.88. The van der Waals surface area contributed by atoms with Gasteiger partial charge in [0.15, 0.2) is 0 Å². The Kier molecular flexibility index (Phi) is 3.71. The third-order valence-electron chi connectivity index (χ3n) is 3.75. The zero-order chi connectivity index (χ0) is 13.2. The van der Waals surface area contributed by atoms with E-state index in [0.29, 0.717) is 0 Å². The van der Waals surface area contributed by atoms with Crippen LogP contribution in [0.3, 0.4) is 0 Å². The van der Waals surface area contributed by atoms with Crippen LogP contribution in [0.1, 0.15) is 12.0 Å². The van der Waals surface area contributed by atoms with Crippen LogP contribution in [-0.2, 0) is 6.54 Å². The van der Waals surface area contributed by atoms with Crippen LogP contribution in [0.25, 0.3) is 11.1 Å². The number of nitrogens with one attached hydrogen (secondary N) is 1. The fourth-order valence-electron chi connectivity index (χ4n) is 2.52. The summed E-state index contributed by atoms with van der Waals surface area (Å²) >= 11 is 3.59. The highest BCUT2D eigenvalue weighted by Crippen LogP contribution is 2.25. The van der Waals surface area contributed by atoms with E-state index in [9.17, 15) is 0 Å². The fraction of sp³-hybridized carbons (Fsp3) is 0.400. The van der Waals surface area contributed by atoms with E-state index in [4.69, 9.17) is 0 Å². The van der Waals surface area contributed by atoms with Crippen LogP contribution in [0.5, 0.6) is 0 Å². The van der Waals surface area contributed by atoms with Crippen LogP contribution in [0, 0.1) is 12.8 Å². The van der Waals surface area contributed by atoms with Crippen molar-refractivity contribution in [2.75, 3.05) is 13.1 Å². The highest BCUT2D eigenvalue weighted by molar-refractivity contribution is 9.10. The summed E-state index contributed by atoms with van der Waals surface area (Å²) in [5.41, 5.74) is 3.66. The number of aryl methyl sites for hydroxylation is 1. The zero-order valence-electron chi connectivity index (χ0n) is 11.1. The van der Waals surface area contributed by atoms with Crippen LogP contribution >= 0.6 is 15.9 Å². The summed E-state index contributed by atoms with van der Waals surface area (Å²) < 4.78 is 3.22. The van der Waals surface area contributed by atoms with Crippen LogP contribution in [-0.4, -0.2) is 22.9 Å². The van der Waals surface area contributed by atoms with Crippen molar-refractivity contribution in [1.29, 1.82) is 0 Å². The Labute approximate surface area is 122 Å². The molecule has 1 aliphatic heterocycles. The van der Waals surface area contributed by atoms with Crippen molar-refractivity contribution < 1.29 is 0 Å². The number of aromatic nitrogens is 2. The quantitative estimate of drug-likeness (QED) is 0.941. The van der Waals surface area contributed by atoms with Crippen LogP contribution < -0.4 is 5.32 Å². The lowest BCUT2D eigenvalue weighted by atomic mass is 10.1. The lowest BCUT2D eigenvalue weighted by Gasteiger charge is -2.07. The topological polar surface area (TPSA) is 29.9 Å². The summed E-state index contributed by atoms with van der Waals surface area (Å²) in [5.74, 6) is 0.720. The lowest BCUT2D eigenvalue weighted by molar-refractivity contribution is 0.449. The molecule has 1 atom stereocenters. The summed E-state index contributed by atoms with van der Waals surface area (Å²) in [7, 11) is 0. The van der Waals surface area contributed by atoms with E-state index >= 15 is 0 Å². The normalized spacial score (nSPS) is 18.9. The van der Waals surface area contributed by atoms with Gasteiger partial charge in [0.25, 0.3) is 0 Å². The molecule has 1 saturated heterocycles. The molecule has 1 N–H and O–H groups in total. The summed E-state index contributed by atoms with van der Waals surface area (Å²) in [6.07, 6.45) is 5.36. The van der Waals surface area contributed by atoms with Gasteiger partial charge in [-0.25, -0.2) is 0 Å². The maximum absolute atomic E-state index is 4.48. The third kappa shape index (κ3) is 2.90. The number of halogens is 1. The van der Waals surface area contributed by atoms with E-state index < -0.39 is 0 Å². The number of benzene rings is 1. The summed E-state index contributed by atoms with van der Waals surface area (Å²) in [4.78, 5) is 0. The number of rotatable bonds is 3. The van der Waals surface area contributed by atoms with Crippen LogP contribution in [0.15, 0.2) is 35.1 Å². The molecule has 1 aromatic carbocycles. The summed E-state index contributed by atoms with van der Waals surface area (Å²) in [6.45, 7) is 5.37. The molecule has 4 heteroatoms. The molecule has 0 amide bonds. The van der Waals surface area contributed by atoms with E-state index in [1.807, 2.05) is 6.20 Å². The predicted molar refractivity (Wildman–Crippen MR) is 81.1 cm³/mol. The van der Waals surface area contributed by atoms with Gasteiger partial charge in [0.1, 0.15) is 0 Å². The van der Waals surface area contributed by atoms with Gasteiger partial charge in [0.2, 0.25) is 0 Å². The molecule has 19 heavy (non-hydrogen) atoms. The van der Waals surface area contributed by atoms with E-state index in [1.165, 1.54) is 23.1 Å². The van der Waals surface area contributed by atoms with Crippen LogP contribution in [0.4, 0.5) is 0 Å². The first-order chi connectivity index (χ1) is 9.22. The maximum atomic E-state index is 4.48. The van der Waals surface area contributed by atoms with Gasteiger partial charge in [-0.3, -0.25) is 4.68 Å². The summed E-state index contributed by atoms with van der Waals surface area (Å²) in [6, 6.07) is 6.45. The first-order valence-corrected chi connectivity index (χ1v) is 7.51. The van der Waals surface area contributed by atoms with E-state index in [2.05, 4.69) is 62.3 Å². The van der Waals surface area contributed by atoms with Crippen molar-refractivity contribution in [2.24, 2.45) is 5.92 Å². The average Bonchev–Trinajstić information content (AvgIpc) is 3.05. The lowest BCUT2D eigenvalue weighted by Crippen LogP contribution is -2.14. The average molecular weight is 320 g/mol. The monoisotopic (exact) mass is 319 g/mol.